The third-order valence-corrected chi connectivity index (χ3v) is 5.67. The molecular formula is C23H29NO3. The van der Waals surface area contributed by atoms with Crippen LogP contribution in [0.2, 0.25) is 0 Å². The Morgan fingerprint density at radius 2 is 1.89 bits per heavy atom. The first-order valence-corrected chi connectivity index (χ1v) is 9.73. The summed E-state index contributed by atoms with van der Waals surface area (Å²) in [4.78, 5) is 12.6. The van der Waals surface area contributed by atoms with Gasteiger partial charge in [-0.3, -0.25) is 4.79 Å². The Morgan fingerprint density at radius 3 is 2.59 bits per heavy atom. The van der Waals surface area contributed by atoms with E-state index in [9.17, 15) is 4.79 Å². The molecule has 0 unspecified atom stereocenters. The Balaban J connectivity index is 1.69. The van der Waals surface area contributed by atoms with Crippen molar-refractivity contribution in [3.63, 3.8) is 0 Å². The van der Waals surface area contributed by atoms with Crippen LogP contribution in [0.3, 0.4) is 0 Å². The molecule has 1 N–H and O–H groups in total. The van der Waals surface area contributed by atoms with E-state index >= 15 is 0 Å². The van der Waals surface area contributed by atoms with E-state index in [4.69, 9.17) is 9.47 Å². The first-order chi connectivity index (χ1) is 13.0. The molecule has 0 aromatic heterocycles. The fourth-order valence-electron chi connectivity index (χ4n) is 3.62. The van der Waals surface area contributed by atoms with Gasteiger partial charge in [0.1, 0.15) is 17.1 Å². The van der Waals surface area contributed by atoms with Gasteiger partial charge in [-0.15, -0.1) is 0 Å². The number of rotatable bonds is 6. The Kier molecular flexibility index (Phi) is 5.73. The van der Waals surface area contributed by atoms with E-state index in [-0.39, 0.29) is 24.2 Å². The first-order valence-electron chi connectivity index (χ1n) is 9.73. The van der Waals surface area contributed by atoms with Gasteiger partial charge in [0.2, 0.25) is 0 Å². The summed E-state index contributed by atoms with van der Waals surface area (Å²) < 4.78 is 12.0. The monoisotopic (exact) mass is 367 g/mol. The van der Waals surface area contributed by atoms with Gasteiger partial charge in [-0.25, -0.2) is 0 Å². The van der Waals surface area contributed by atoms with Gasteiger partial charge in [0.05, 0.1) is 6.04 Å². The molecule has 2 aromatic rings. The summed E-state index contributed by atoms with van der Waals surface area (Å²) in [5, 5.41) is 3.15. The van der Waals surface area contributed by atoms with Crippen LogP contribution in [0.1, 0.15) is 55.8 Å². The number of fused-ring (bicyclic) bond motifs is 1. The third kappa shape index (κ3) is 4.26. The maximum absolute atomic E-state index is 12.6. The minimum absolute atomic E-state index is 0.00722. The molecule has 1 atom stereocenters. The molecule has 0 radical (unpaired) electrons. The normalized spacial score (nSPS) is 17.6. The van der Waals surface area contributed by atoms with Gasteiger partial charge in [0.25, 0.3) is 5.91 Å². The first kappa shape index (κ1) is 19.3. The summed E-state index contributed by atoms with van der Waals surface area (Å²) in [5.74, 6) is 1.47. The minimum atomic E-state index is -0.235. The molecule has 4 heteroatoms. The number of nitrogens with one attached hydrogen (secondary N) is 1. The number of benzene rings is 2. The van der Waals surface area contributed by atoms with Crippen LogP contribution in [0, 0.1) is 13.8 Å². The zero-order valence-corrected chi connectivity index (χ0v) is 16.7. The van der Waals surface area contributed by atoms with Crippen molar-refractivity contribution in [1.82, 2.24) is 5.32 Å². The van der Waals surface area contributed by atoms with Crippen molar-refractivity contribution >= 4 is 5.91 Å². The van der Waals surface area contributed by atoms with Crippen LogP contribution in [0.25, 0.3) is 0 Å². The molecule has 1 aliphatic heterocycles. The molecule has 144 valence electrons. The highest BCUT2D eigenvalue weighted by Gasteiger charge is 2.38. The second kappa shape index (κ2) is 8.03. The van der Waals surface area contributed by atoms with Crippen LogP contribution in [0.4, 0.5) is 0 Å². The molecule has 1 aliphatic rings. The Morgan fingerprint density at radius 1 is 1.15 bits per heavy atom. The fraction of sp³-hybridized carbons (Fsp3) is 0.435. The van der Waals surface area contributed by atoms with Gasteiger partial charge in [0, 0.05) is 12.0 Å². The number of para-hydroxylation sites is 1. The molecular weight excluding hydrogens is 338 g/mol. The van der Waals surface area contributed by atoms with E-state index in [1.165, 1.54) is 5.56 Å². The molecule has 1 amide bonds. The lowest BCUT2D eigenvalue weighted by Gasteiger charge is -2.41. The van der Waals surface area contributed by atoms with Gasteiger partial charge in [-0.1, -0.05) is 38.1 Å². The molecule has 0 spiro atoms. The van der Waals surface area contributed by atoms with Gasteiger partial charge >= 0.3 is 0 Å². The Bertz CT molecular complexity index is 811. The lowest BCUT2D eigenvalue weighted by molar-refractivity contribution is -0.124. The van der Waals surface area contributed by atoms with Crippen molar-refractivity contribution < 1.29 is 14.3 Å². The maximum atomic E-state index is 12.6. The summed E-state index contributed by atoms with van der Waals surface area (Å²) in [7, 11) is 0. The molecule has 27 heavy (non-hydrogen) atoms. The summed E-state index contributed by atoms with van der Waals surface area (Å²) in [6, 6.07) is 13.8. The third-order valence-electron chi connectivity index (χ3n) is 5.67. The molecule has 0 bridgehead atoms. The number of hydrogen-bond acceptors (Lipinski definition) is 3. The molecule has 2 aromatic carbocycles. The summed E-state index contributed by atoms with van der Waals surface area (Å²) in [6.07, 6.45) is 2.58. The maximum Gasteiger partial charge on any atom is 0.258 e. The van der Waals surface area contributed by atoms with Gasteiger partial charge in [-0.05, 0) is 56.0 Å². The summed E-state index contributed by atoms with van der Waals surface area (Å²) in [6.45, 7) is 8.38. The second-order valence-corrected chi connectivity index (χ2v) is 7.39. The van der Waals surface area contributed by atoms with E-state index in [1.807, 2.05) is 49.4 Å². The number of carbonyl (C=O) groups is 1. The highest BCUT2D eigenvalue weighted by atomic mass is 16.5. The summed E-state index contributed by atoms with van der Waals surface area (Å²) in [5.41, 5.74) is 3.17. The smallest absolute Gasteiger partial charge is 0.258 e. The minimum Gasteiger partial charge on any atom is -0.487 e. The van der Waals surface area contributed by atoms with Crippen molar-refractivity contribution in [3.05, 3.63) is 59.2 Å². The van der Waals surface area contributed by atoms with Crippen LogP contribution in [-0.4, -0.2) is 18.1 Å². The molecule has 0 fully saturated rings. The quantitative estimate of drug-likeness (QED) is 0.791. The fourth-order valence-corrected chi connectivity index (χ4v) is 3.62. The van der Waals surface area contributed by atoms with Crippen molar-refractivity contribution in [2.24, 2.45) is 0 Å². The second-order valence-electron chi connectivity index (χ2n) is 7.39. The van der Waals surface area contributed by atoms with Crippen molar-refractivity contribution in [2.45, 2.75) is 58.6 Å². The van der Waals surface area contributed by atoms with Crippen molar-refractivity contribution in [1.29, 1.82) is 0 Å². The van der Waals surface area contributed by atoms with Crippen LogP contribution in [0.5, 0.6) is 11.5 Å². The number of carbonyl (C=O) groups excluding carboxylic acids is 1. The topological polar surface area (TPSA) is 47.6 Å². The predicted octanol–water partition coefficient (Wildman–Crippen LogP) is 4.88. The predicted molar refractivity (Wildman–Crippen MR) is 107 cm³/mol. The lowest BCUT2D eigenvalue weighted by Crippen LogP contribution is -2.45. The highest BCUT2D eigenvalue weighted by molar-refractivity contribution is 5.78. The molecule has 4 nitrogen and oxygen atoms in total. The van der Waals surface area contributed by atoms with Crippen LogP contribution in [0.15, 0.2) is 42.5 Å². The number of ether oxygens (including phenoxy) is 2. The van der Waals surface area contributed by atoms with E-state index in [0.717, 1.165) is 41.9 Å². The van der Waals surface area contributed by atoms with Crippen LogP contribution >= 0.6 is 0 Å². The highest BCUT2D eigenvalue weighted by Crippen LogP contribution is 2.42. The van der Waals surface area contributed by atoms with E-state index in [0.29, 0.717) is 0 Å². The van der Waals surface area contributed by atoms with Gasteiger partial charge in [0.15, 0.2) is 6.61 Å². The number of amides is 1. The molecule has 1 heterocycles. The molecule has 0 aliphatic carbocycles. The van der Waals surface area contributed by atoms with Gasteiger partial charge < -0.3 is 14.8 Å². The van der Waals surface area contributed by atoms with Crippen LogP contribution < -0.4 is 14.8 Å². The SMILES string of the molecule is CCC1(CC)C[C@@H](NC(=O)COc2ccc(C)c(C)c2)c2ccccc2O1. The van der Waals surface area contributed by atoms with E-state index in [1.54, 1.807) is 0 Å². The molecule has 0 saturated carbocycles. The zero-order chi connectivity index (χ0) is 19.4. The standard InChI is InChI=1S/C23H29NO3/c1-5-23(6-2)14-20(19-9-7-8-10-21(19)27-23)24-22(25)15-26-18-12-11-16(3)17(4)13-18/h7-13,20H,5-6,14-15H2,1-4H3,(H,24,25)/t20-/m1/s1. The Labute approximate surface area is 161 Å². The van der Waals surface area contributed by atoms with E-state index < -0.39 is 0 Å². The largest absolute Gasteiger partial charge is 0.487 e. The number of hydrogen-bond donors (Lipinski definition) is 1. The van der Waals surface area contributed by atoms with Crippen LogP contribution in [-0.2, 0) is 4.79 Å². The average Bonchev–Trinajstić information content (AvgIpc) is 2.68. The van der Waals surface area contributed by atoms with Crippen molar-refractivity contribution in [2.75, 3.05) is 6.61 Å². The van der Waals surface area contributed by atoms with E-state index in [2.05, 4.69) is 26.1 Å². The molecule has 3 rings (SSSR count). The average molecular weight is 367 g/mol. The van der Waals surface area contributed by atoms with Crippen molar-refractivity contribution in [3.8, 4) is 11.5 Å². The zero-order valence-electron chi connectivity index (χ0n) is 16.7. The summed E-state index contributed by atoms with van der Waals surface area (Å²) >= 11 is 0. The van der Waals surface area contributed by atoms with Gasteiger partial charge in [-0.2, -0.15) is 0 Å². The Hall–Kier alpha value is -2.49. The lowest BCUT2D eigenvalue weighted by atomic mass is 9.83. The number of aryl methyl sites for hydroxylation is 2. The molecule has 0 saturated heterocycles.